The molecule has 0 aromatic carbocycles. The molecule has 28 heavy (non-hydrogen) atoms. The molecular weight excluding hydrogens is 376 g/mol. The Kier molecular flexibility index (Phi) is 4.63. The summed E-state index contributed by atoms with van der Waals surface area (Å²) in [7, 11) is 0. The maximum absolute atomic E-state index is 12.8. The van der Waals surface area contributed by atoms with Gasteiger partial charge < -0.3 is 9.84 Å². The number of ether oxygens (including phenoxy) is 1. The molecule has 0 aromatic heterocycles. The van der Waals surface area contributed by atoms with Crippen LogP contribution in [0.1, 0.15) is 66.2 Å². The average molecular weight is 407 g/mol. The maximum atomic E-state index is 12.8. The van der Waals surface area contributed by atoms with E-state index in [1.54, 1.807) is 6.92 Å². The number of aliphatic hydroxyl groups is 1. The summed E-state index contributed by atoms with van der Waals surface area (Å²) in [4.78, 5) is 24.7. The summed E-state index contributed by atoms with van der Waals surface area (Å²) in [6.07, 6.45) is 8.68. The number of hydrogen-bond acceptors (Lipinski definition) is 4. The quantitative estimate of drug-likeness (QED) is 0.683. The Morgan fingerprint density at radius 1 is 1.07 bits per heavy atom. The molecule has 0 amide bonds. The molecule has 1 N–H and O–H groups in total. The molecule has 0 aromatic rings. The fourth-order valence-electron chi connectivity index (χ4n) is 7.28. The molecule has 0 spiro atoms. The summed E-state index contributed by atoms with van der Waals surface area (Å²) >= 11 is 6.75. The van der Waals surface area contributed by atoms with Crippen molar-refractivity contribution in [1.29, 1.82) is 0 Å². The van der Waals surface area contributed by atoms with Crippen molar-refractivity contribution in [3.05, 3.63) is 22.8 Å². The average Bonchev–Trinajstić information content (AvgIpc) is 2.90. The van der Waals surface area contributed by atoms with E-state index >= 15 is 0 Å². The van der Waals surface area contributed by atoms with Crippen LogP contribution in [-0.2, 0) is 14.3 Å². The normalized spacial score (nSPS) is 47.2. The van der Waals surface area contributed by atoms with Crippen molar-refractivity contribution in [2.45, 2.75) is 77.9 Å². The first-order valence-electron chi connectivity index (χ1n) is 10.5. The third-order valence-electron chi connectivity index (χ3n) is 8.69. The zero-order chi connectivity index (χ0) is 20.5. The van der Waals surface area contributed by atoms with Gasteiger partial charge in [0.15, 0.2) is 11.4 Å². The fraction of sp³-hybridized carbons (Fsp3) is 0.739. The second kappa shape index (κ2) is 6.43. The van der Waals surface area contributed by atoms with Gasteiger partial charge in [-0.1, -0.05) is 37.6 Å². The number of esters is 1. The van der Waals surface area contributed by atoms with Crippen molar-refractivity contribution in [2.24, 2.45) is 28.6 Å². The topological polar surface area (TPSA) is 63.6 Å². The number of ketones is 1. The Bertz CT molecular complexity index is 785. The number of carbonyl (C=O) groups is 2. The van der Waals surface area contributed by atoms with E-state index < -0.39 is 11.7 Å². The summed E-state index contributed by atoms with van der Waals surface area (Å²) in [5.41, 5.74) is -0.340. The molecule has 0 radical (unpaired) electrons. The Labute approximate surface area is 172 Å². The van der Waals surface area contributed by atoms with Crippen molar-refractivity contribution >= 4 is 23.4 Å². The van der Waals surface area contributed by atoms with Gasteiger partial charge in [-0.05, 0) is 74.2 Å². The predicted molar refractivity (Wildman–Crippen MR) is 108 cm³/mol. The molecule has 4 aliphatic carbocycles. The van der Waals surface area contributed by atoms with Gasteiger partial charge in [0.1, 0.15) is 0 Å². The van der Waals surface area contributed by atoms with E-state index in [0.717, 1.165) is 42.7 Å². The molecule has 5 heteroatoms. The van der Waals surface area contributed by atoms with Crippen molar-refractivity contribution in [2.75, 3.05) is 0 Å². The lowest BCUT2D eigenvalue weighted by Gasteiger charge is -2.58. The van der Waals surface area contributed by atoms with Crippen molar-refractivity contribution in [3.8, 4) is 0 Å². The van der Waals surface area contributed by atoms with Gasteiger partial charge in [0.2, 0.25) is 0 Å². The zero-order valence-corrected chi connectivity index (χ0v) is 18.0. The monoisotopic (exact) mass is 406 g/mol. The number of aliphatic hydroxyl groups excluding tert-OH is 1. The van der Waals surface area contributed by atoms with Crippen LogP contribution in [-0.4, -0.2) is 28.6 Å². The molecule has 154 valence electrons. The summed E-state index contributed by atoms with van der Waals surface area (Å²) in [5, 5.41) is 10.9. The number of allylic oxidation sites excluding steroid dienone is 3. The SMILES string of the molecule is CC(=O)O[C@]1(C(C)=O)CC[C@@H]2[C@H]3C=C(Cl)C4=C[C@H](O)CC[C@]4(C)[C@@H]3CC[C@@]21C. The van der Waals surface area contributed by atoms with E-state index in [0.29, 0.717) is 12.3 Å². The Morgan fingerprint density at radius 3 is 2.39 bits per heavy atom. The number of carbonyl (C=O) groups excluding carboxylic acids is 2. The molecule has 4 rings (SSSR count). The highest BCUT2D eigenvalue weighted by Gasteiger charge is 2.67. The van der Waals surface area contributed by atoms with Gasteiger partial charge in [-0.15, -0.1) is 0 Å². The van der Waals surface area contributed by atoms with Crippen LogP contribution in [0.2, 0.25) is 0 Å². The molecule has 0 bridgehead atoms. The molecule has 0 heterocycles. The van der Waals surface area contributed by atoms with Crippen molar-refractivity contribution in [3.63, 3.8) is 0 Å². The third-order valence-corrected chi connectivity index (χ3v) is 9.02. The summed E-state index contributed by atoms with van der Waals surface area (Å²) < 4.78 is 5.80. The second-order valence-electron chi connectivity index (χ2n) is 9.88. The lowest BCUT2D eigenvalue weighted by Crippen LogP contribution is -2.58. The summed E-state index contributed by atoms with van der Waals surface area (Å²) in [6.45, 7) is 7.40. The molecule has 0 saturated heterocycles. The number of fused-ring (bicyclic) bond motifs is 5. The van der Waals surface area contributed by atoms with Crippen LogP contribution in [0.4, 0.5) is 0 Å². The number of halogens is 1. The smallest absolute Gasteiger partial charge is 0.303 e. The van der Waals surface area contributed by atoms with Gasteiger partial charge in [0, 0.05) is 17.4 Å². The number of Topliss-reactive ketones (excluding diaryl/α,β-unsaturated/α-hetero) is 1. The minimum Gasteiger partial charge on any atom is -0.451 e. The predicted octanol–water partition coefficient (Wildman–Crippen LogP) is 4.54. The molecule has 2 fully saturated rings. The van der Waals surface area contributed by atoms with Crippen molar-refractivity contribution < 1.29 is 19.4 Å². The van der Waals surface area contributed by atoms with E-state index in [4.69, 9.17) is 16.3 Å². The minimum absolute atomic E-state index is 0.0374. The molecule has 0 unspecified atom stereocenters. The van der Waals surface area contributed by atoms with Gasteiger partial charge in [0.05, 0.1) is 6.10 Å². The van der Waals surface area contributed by atoms with Crippen LogP contribution < -0.4 is 0 Å². The summed E-state index contributed by atoms with van der Waals surface area (Å²) in [5.74, 6) is 0.542. The standard InChI is InChI=1S/C23H31ClO4/c1-13(25)23(28-14(2)26)10-7-18-16-12-20(24)19-11-15(27)5-8-21(19,3)17(16)6-9-22(18,23)4/h11-12,15-18,27H,5-10H2,1-4H3/t15-,16+,17-,18-,21-,22+,23+/m1/s1. The molecule has 2 saturated carbocycles. The fourth-order valence-corrected chi connectivity index (χ4v) is 7.70. The van der Waals surface area contributed by atoms with E-state index in [1.807, 2.05) is 6.08 Å². The molecular formula is C23H31ClO4. The van der Waals surface area contributed by atoms with Gasteiger partial charge in [0.25, 0.3) is 0 Å². The largest absolute Gasteiger partial charge is 0.451 e. The second-order valence-corrected chi connectivity index (χ2v) is 10.3. The minimum atomic E-state index is -1.02. The maximum Gasteiger partial charge on any atom is 0.303 e. The van der Waals surface area contributed by atoms with Gasteiger partial charge in [-0.25, -0.2) is 0 Å². The van der Waals surface area contributed by atoms with Crippen LogP contribution in [0.3, 0.4) is 0 Å². The van der Waals surface area contributed by atoms with Crippen LogP contribution >= 0.6 is 11.6 Å². The first-order valence-corrected chi connectivity index (χ1v) is 10.9. The first-order chi connectivity index (χ1) is 13.0. The molecule has 4 nitrogen and oxygen atoms in total. The molecule has 4 aliphatic rings. The van der Waals surface area contributed by atoms with Gasteiger partial charge in [-0.2, -0.15) is 0 Å². The van der Waals surface area contributed by atoms with Crippen molar-refractivity contribution in [1.82, 2.24) is 0 Å². The Balaban J connectivity index is 1.78. The number of rotatable bonds is 2. The highest BCUT2D eigenvalue weighted by molar-refractivity contribution is 6.32. The Morgan fingerprint density at radius 2 is 1.75 bits per heavy atom. The zero-order valence-electron chi connectivity index (χ0n) is 17.3. The third kappa shape index (κ3) is 2.53. The number of hydrogen-bond donors (Lipinski definition) is 1. The highest BCUT2D eigenvalue weighted by Crippen LogP contribution is 2.68. The first kappa shape index (κ1) is 20.2. The van der Waals surface area contributed by atoms with E-state index in [1.165, 1.54) is 6.92 Å². The van der Waals surface area contributed by atoms with Gasteiger partial charge in [-0.3, -0.25) is 9.59 Å². The van der Waals surface area contributed by atoms with Crippen LogP contribution in [0.25, 0.3) is 0 Å². The molecule has 0 aliphatic heterocycles. The van der Waals surface area contributed by atoms with Crippen LogP contribution in [0.5, 0.6) is 0 Å². The Hall–Kier alpha value is -1.13. The van der Waals surface area contributed by atoms with E-state index in [2.05, 4.69) is 19.9 Å². The van der Waals surface area contributed by atoms with Crippen LogP contribution in [0, 0.1) is 28.6 Å². The lowest BCUT2D eigenvalue weighted by molar-refractivity contribution is -0.185. The lowest BCUT2D eigenvalue weighted by atomic mass is 9.48. The summed E-state index contributed by atoms with van der Waals surface area (Å²) in [6, 6.07) is 0. The highest BCUT2D eigenvalue weighted by atomic mass is 35.5. The van der Waals surface area contributed by atoms with E-state index in [-0.39, 0.29) is 34.4 Å². The van der Waals surface area contributed by atoms with Crippen LogP contribution in [0.15, 0.2) is 22.8 Å². The molecule has 7 atom stereocenters. The van der Waals surface area contributed by atoms with E-state index in [9.17, 15) is 14.7 Å². The van der Waals surface area contributed by atoms with Gasteiger partial charge >= 0.3 is 5.97 Å².